The highest BCUT2D eigenvalue weighted by molar-refractivity contribution is 9.10. The van der Waals surface area contributed by atoms with Crippen LogP contribution in [0, 0.1) is 16.0 Å². The Morgan fingerprint density at radius 3 is 2.67 bits per heavy atom. The minimum absolute atomic E-state index is 0.138. The van der Waals surface area contributed by atoms with Gasteiger partial charge in [0.15, 0.2) is 0 Å². The van der Waals surface area contributed by atoms with Crippen molar-refractivity contribution in [3.8, 4) is 0 Å². The molecular formula is C13H19BrN2O2. The predicted octanol–water partition coefficient (Wildman–Crippen LogP) is 3.53. The van der Waals surface area contributed by atoms with Crippen molar-refractivity contribution in [1.29, 1.82) is 0 Å². The lowest BCUT2D eigenvalue weighted by molar-refractivity contribution is -0.385. The van der Waals surface area contributed by atoms with E-state index in [9.17, 15) is 10.1 Å². The molecule has 0 aliphatic rings. The molecule has 0 bridgehead atoms. The zero-order chi connectivity index (χ0) is 13.7. The number of halogens is 1. The average molecular weight is 315 g/mol. The van der Waals surface area contributed by atoms with Gasteiger partial charge in [0.2, 0.25) is 0 Å². The molecule has 0 fully saturated rings. The maximum atomic E-state index is 10.9. The Bertz CT molecular complexity index is 423. The highest BCUT2D eigenvalue weighted by Gasteiger charge is 2.19. The van der Waals surface area contributed by atoms with Crippen LogP contribution in [0.2, 0.25) is 0 Å². The SMILES string of the molecule is CCC(Cc1cccc([N+](=O)[O-])c1Br)C(C)NC. The van der Waals surface area contributed by atoms with E-state index in [0.717, 1.165) is 18.4 Å². The first kappa shape index (κ1) is 15.1. The second kappa shape index (κ2) is 6.85. The summed E-state index contributed by atoms with van der Waals surface area (Å²) in [5, 5.41) is 14.1. The highest BCUT2D eigenvalue weighted by atomic mass is 79.9. The third-order valence-electron chi connectivity index (χ3n) is 3.42. The Hall–Kier alpha value is -0.940. The molecule has 0 saturated heterocycles. The van der Waals surface area contributed by atoms with Crippen molar-refractivity contribution >= 4 is 21.6 Å². The summed E-state index contributed by atoms with van der Waals surface area (Å²) >= 11 is 3.35. The summed E-state index contributed by atoms with van der Waals surface area (Å²) in [5.74, 6) is 0.466. The van der Waals surface area contributed by atoms with Crippen molar-refractivity contribution in [3.63, 3.8) is 0 Å². The molecule has 0 aliphatic carbocycles. The van der Waals surface area contributed by atoms with E-state index in [-0.39, 0.29) is 10.6 Å². The number of rotatable bonds is 6. The van der Waals surface area contributed by atoms with Crippen molar-refractivity contribution in [1.82, 2.24) is 5.32 Å². The third kappa shape index (κ3) is 3.53. The minimum atomic E-state index is -0.351. The van der Waals surface area contributed by atoms with Crippen LogP contribution < -0.4 is 5.32 Å². The number of nitro groups is 1. The van der Waals surface area contributed by atoms with E-state index in [1.165, 1.54) is 6.07 Å². The van der Waals surface area contributed by atoms with Crippen LogP contribution >= 0.6 is 15.9 Å². The smallest absolute Gasteiger partial charge is 0.283 e. The van der Waals surface area contributed by atoms with E-state index in [1.807, 2.05) is 13.1 Å². The summed E-state index contributed by atoms with van der Waals surface area (Å²) in [6, 6.07) is 5.61. The standard InChI is InChI=1S/C13H19BrN2O2/c1-4-10(9(2)15-3)8-11-6-5-7-12(13(11)14)16(17)18/h5-7,9-10,15H,4,8H2,1-3H3. The first-order chi connectivity index (χ1) is 8.51. The van der Waals surface area contributed by atoms with Gasteiger partial charge in [-0.3, -0.25) is 10.1 Å². The quantitative estimate of drug-likeness (QED) is 0.645. The normalized spacial score (nSPS) is 14.2. The molecular weight excluding hydrogens is 296 g/mol. The summed E-state index contributed by atoms with van der Waals surface area (Å²) in [5.41, 5.74) is 1.14. The van der Waals surface area contributed by atoms with Gasteiger partial charge in [-0.15, -0.1) is 0 Å². The molecule has 0 saturated carbocycles. The second-order valence-corrected chi connectivity index (χ2v) is 5.25. The van der Waals surface area contributed by atoms with E-state index in [0.29, 0.717) is 16.4 Å². The fourth-order valence-corrected chi connectivity index (χ4v) is 2.63. The van der Waals surface area contributed by atoms with Gasteiger partial charge in [-0.25, -0.2) is 0 Å². The van der Waals surface area contributed by atoms with Crippen molar-refractivity contribution < 1.29 is 4.92 Å². The van der Waals surface area contributed by atoms with Crippen molar-refractivity contribution in [2.45, 2.75) is 32.7 Å². The second-order valence-electron chi connectivity index (χ2n) is 4.46. The van der Waals surface area contributed by atoms with Crippen LogP contribution in [0.5, 0.6) is 0 Å². The van der Waals surface area contributed by atoms with Crippen LogP contribution in [0.3, 0.4) is 0 Å². The Morgan fingerprint density at radius 1 is 1.50 bits per heavy atom. The Balaban J connectivity index is 2.96. The van der Waals surface area contributed by atoms with E-state index in [4.69, 9.17) is 0 Å². The molecule has 100 valence electrons. The van der Waals surface area contributed by atoms with Gasteiger partial charge in [-0.05, 0) is 47.8 Å². The van der Waals surface area contributed by atoms with Gasteiger partial charge in [0.25, 0.3) is 5.69 Å². The number of nitrogens with one attached hydrogen (secondary N) is 1. The van der Waals surface area contributed by atoms with Gasteiger partial charge in [0.1, 0.15) is 0 Å². The van der Waals surface area contributed by atoms with Crippen LogP contribution in [-0.2, 0) is 6.42 Å². The fourth-order valence-electron chi connectivity index (χ4n) is 2.06. The molecule has 4 nitrogen and oxygen atoms in total. The molecule has 0 aliphatic heterocycles. The molecule has 0 aromatic heterocycles. The van der Waals surface area contributed by atoms with Crippen LogP contribution in [0.15, 0.2) is 22.7 Å². The molecule has 1 rings (SSSR count). The molecule has 2 atom stereocenters. The molecule has 5 heteroatoms. The summed E-state index contributed by atoms with van der Waals surface area (Å²) < 4.78 is 0.608. The largest absolute Gasteiger partial charge is 0.317 e. The summed E-state index contributed by atoms with van der Waals surface area (Å²) in [6.07, 6.45) is 1.87. The van der Waals surface area contributed by atoms with Crippen LogP contribution in [0.1, 0.15) is 25.8 Å². The molecule has 0 radical (unpaired) electrons. The molecule has 18 heavy (non-hydrogen) atoms. The zero-order valence-corrected chi connectivity index (χ0v) is 12.5. The van der Waals surface area contributed by atoms with Crippen LogP contribution in [0.25, 0.3) is 0 Å². The lowest BCUT2D eigenvalue weighted by Crippen LogP contribution is -2.31. The molecule has 0 amide bonds. The van der Waals surface area contributed by atoms with Crippen LogP contribution in [0.4, 0.5) is 5.69 Å². The Morgan fingerprint density at radius 2 is 2.17 bits per heavy atom. The Labute approximate surface area is 116 Å². The topological polar surface area (TPSA) is 55.2 Å². The predicted molar refractivity (Wildman–Crippen MR) is 76.8 cm³/mol. The van der Waals surface area contributed by atoms with Crippen molar-refractivity contribution in [2.24, 2.45) is 5.92 Å². The van der Waals surface area contributed by atoms with Gasteiger partial charge >= 0.3 is 0 Å². The van der Waals surface area contributed by atoms with Gasteiger partial charge in [-0.2, -0.15) is 0 Å². The molecule has 1 aromatic carbocycles. The maximum Gasteiger partial charge on any atom is 0.283 e. The number of hydrogen-bond acceptors (Lipinski definition) is 3. The van der Waals surface area contributed by atoms with Crippen molar-refractivity contribution in [3.05, 3.63) is 38.3 Å². The van der Waals surface area contributed by atoms with Gasteiger partial charge < -0.3 is 5.32 Å². The van der Waals surface area contributed by atoms with Gasteiger partial charge in [-0.1, -0.05) is 25.5 Å². The number of benzene rings is 1. The van der Waals surface area contributed by atoms with E-state index in [1.54, 1.807) is 6.07 Å². The van der Waals surface area contributed by atoms with E-state index < -0.39 is 0 Å². The number of hydrogen-bond donors (Lipinski definition) is 1. The molecule has 0 spiro atoms. The monoisotopic (exact) mass is 314 g/mol. The molecule has 0 heterocycles. The van der Waals surface area contributed by atoms with E-state index >= 15 is 0 Å². The molecule has 2 unspecified atom stereocenters. The number of nitrogens with zero attached hydrogens (tertiary/aromatic N) is 1. The zero-order valence-electron chi connectivity index (χ0n) is 10.9. The fraction of sp³-hybridized carbons (Fsp3) is 0.538. The molecule has 1 aromatic rings. The minimum Gasteiger partial charge on any atom is -0.317 e. The number of nitro benzene ring substituents is 1. The lowest BCUT2D eigenvalue weighted by Gasteiger charge is -2.22. The average Bonchev–Trinajstić information content (AvgIpc) is 2.36. The highest BCUT2D eigenvalue weighted by Crippen LogP contribution is 2.30. The summed E-state index contributed by atoms with van der Waals surface area (Å²) in [6.45, 7) is 4.28. The van der Waals surface area contributed by atoms with Gasteiger partial charge in [0, 0.05) is 12.1 Å². The maximum absolute atomic E-state index is 10.9. The van der Waals surface area contributed by atoms with E-state index in [2.05, 4.69) is 35.1 Å². The van der Waals surface area contributed by atoms with Crippen molar-refractivity contribution in [2.75, 3.05) is 7.05 Å². The summed E-state index contributed by atoms with van der Waals surface area (Å²) in [4.78, 5) is 10.5. The summed E-state index contributed by atoms with van der Waals surface area (Å²) in [7, 11) is 1.94. The Kier molecular flexibility index (Phi) is 5.75. The third-order valence-corrected chi connectivity index (χ3v) is 4.34. The first-order valence-electron chi connectivity index (χ1n) is 6.10. The van der Waals surface area contributed by atoms with Crippen LogP contribution in [-0.4, -0.2) is 18.0 Å². The first-order valence-corrected chi connectivity index (χ1v) is 6.89. The lowest BCUT2D eigenvalue weighted by atomic mass is 9.91. The van der Waals surface area contributed by atoms with Gasteiger partial charge in [0.05, 0.1) is 9.40 Å². The molecule has 1 N–H and O–H groups in total.